The average Bonchev–Trinajstić information content (AvgIpc) is 2.87. The first-order valence-electron chi connectivity index (χ1n) is 9.39. The number of urea groups is 1. The Bertz CT molecular complexity index is 759. The monoisotopic (exact) mass is 391 g/mol. The Morgan fingerprint density at radius 3 is 2.59 bits per heavy atom. The lowest BCUT2D eigenvalue weighted by Crippen LogP contribution is -2.50. The molecule has 1 aromatic rings. The molecule has 3 rings (SSSR count). The van der Waals surface area contributed by atoms with Crippen LogP contribution in [0, 0.1) is 5.92 Å². The van der Waals surface area contributed by atoms with Crippen molar-refractivity contribution in [3.63, 3.8) is 0 Å². The molecule has 1 atom stereocenters. The van der Waals surface area contributed by atoms with Gasteiger partial charge in [-0.1, -0.05) is 36.7 Å². The highest BCUT2D eigenvalue weighted by atomic mass is 35.5. The van der Waals surface area contributed by atoms with Crippen LogP contribution in [0.1, 0.15) is 51.1 Å². The van der Waals surface area contributed by atoms with Crippen molar-refractivity contribution in [3.05, 3.63) is 34.9 Å². The van der Waals surface area contributed by atoms with Crippen LogP contribution in [0.3, 0.4) is 0 Å². The number of halogens is 1. The highest BCUT2D eigenvalue weighted by Gasteiger charge is 2.52. The van der Waals surface area contributed by atoms with Crippen LogP contribution in [-0.4, -0.2) is 46.8 Å². The highest BCUT2D eigenvalue weighted by Crippen LogP contribution is 2.36. The van der Waals surface area contributed by atoms with Gasteiger partial charge in [0.25, 0.3) is 5.91 Å². The first kappa shape index (κ1) is 19.7. The Morgan fingerprint density at radius 1 is 1.33 bits per heavy atom. The van der Waals surface area contributed by atoms with E-state index < -0.39 is 11.6 Å². The van der Waals surface area contributed by atoms with Crippen molar-refractivity contribution in [3.8, 4) is 0 Å². The molecule has 2 fully saturated rings. The number of hydrogen-bond donors (Lipinski definition) is 1. The van der Waals surface area contributed by atoms with Crippen molar-refractivity contribution in [2.45, 2.75) is 51.1 Å². The summed E-state index contributed by atoms with van der Waals surface area (Å²) >= 11 is 6.23. The lowest BCUT2D eigenvalue weighted by Gasteiger charge is -2.33. The molecule has 1 aliphatic heterocycles. The van der Waals surface area contributed by atoms with E-state index in [0.29, 0.717) is 23.8 Å². The van der Waals surface area contributed by atoms with Crippen LogP contribution < -0.4 is 5.32 Å². The fourth-order valence-corrected chi connectivity index (χ4v) is 4.19. The van der Waals surface area contributed by atoms with Crippen LogP contribution in [0.25, 0.3) is 0 Å². The maximum Gasteiger partial charge on any atom is 0.325 e. The van der Waals surface area contributed by atoms with E-state index in [0.717, 1.165) is 23.3 Å². The van der Waals surface area contributed by atoms with Crippen LogP contribution >= 0.6 is 11.6 Å². The quantitative estimate of drug-likeness (QED) is 0.800. The Balaban J connectivity index is 1.69. The Hall–Kier alpha value is -2.08. The molecular weight excluding hydrogens is 366 g/mol. The third-order valence-corrected chi connectivity index (χ3v) is 6.34. The topological polar surface area (TPSA) is 69.7 Å². The number of amides is 4. The van der Waals surface area contributed by atoms with E-state index in [4.69, 9.17) is 11.6 Å². The summed E-state index contributed by atoms with van der Waals surface area (Å²) in [5.74, 6) is -0.0164. The van der Waals surface area contributed by atoms with Gasteiger partial charge in [-0.05, 0) is 50.2 Å². The van der Waals surface area contributed by atoms with Crippen molar-refractivity contribution in [1.29, 1.82) is 0 Å². The van der Waals surface area contributed by atoms with E-state index in [1.807, 2.05) is 25.1 Å². The summed E-state index contributed by atoms with van der Waals surface area (Å²) in [6.07, 6.45) is 3.07. The van der Waals surface area contributed by atoms with Gasteiger partial charge < -0.3 is 10.2 Å². The Morgan fingerprint density at radius 2 is 1.96 bits per heavy atom. The molecule has 146 valence electrons. The molecular formula is C20H26ClN3O3. The molecule has 1 aliphatic carbocycles. The predicted molar refractivity (Wildman–Crippen MR) is 103 cm³/mol. The van der Waals surface area contributed by atoms with Crippen LogP contribution in [0.5, 0.6) is 0 Å². The molecule has 1 saturated heterocycles. The molecule has 1 aromatic carbocycles. The van der Waals surface area contributed by atoms with Gasteiger partial charge in [0.05, 0.1) is 6.04 Å². The molecule has 27 heavy (non-hydrogen) atoms. The number of carbonyl (C=O) groups excluding carboxylic acids is 3. The fraction of sp³-hybridized carbons (Fsp3) is 0.550. The molecule has 0 aromatic heterocycles. The number of imide groups is 1. The minimum absolute atomic E-state index is 0.257. The third kappa shape index (κ3) is 3.68. The second kappa shape index (κ2) is 7.50. The van der Waals surface area contributed by atoms with Gasteiger partial charge in [-0.3, -0.25) is 14.5 Å². The molecule has 0 bridgehead atoms. The van der Waals surface area contributed by atoms with Crippen molar-refractivity contribution < 1.29 is 14.4 Å². The molecule has 1 N–H and O–H groups in total. The number of nitrogens with one attached hydrogen (secondary N) is 1. The lowest BCUT2D eigenvalue weighted by molar-refractivity contribution is -0.140. The molecule has 6 nitrogen and oxygen atoms in total. The van der Waals surface area contributed by atoms with Gasteiger partial charge in [0.15, 0.2) is 0 Å². The molecule has 2 aliphatic rings. The fourth-order valence-electron chi connectivity index (χ4n) is 3.90. The molecule has 0 radical (unpaired) electrons. The Kier molecular flexibility index (Phi) is 5.47. The SMILES string of the molecule is CC1CCC2(CC1)NC(=O)N(CC(=O)N(C)C(C)c1ccccc1Cl)C2=O. The molecule has 4 amide bonds. The summed E-state index contributed by atoms with van der Waals surface area (Å²) in [6, 6.07) is 6.59. The summed E-state index contributed by atoms with van der Waals surface area (Å²) in [6.45, 7) is 3.77. The standard InChI is InChI=1S/C20H26ClN3O3/c1-13-8-10-20(11-9-13)18(26)24(19(27)22-20)12-17(25)23(3)14(2)15-6-4-5-7-16(15)21/h4-7,13-14H,8-12H2,1-3H3,(H,22,27). The van der Waals surface area contributed by atoms with Crippen molar-refractivity contribution >= 4 is 29.4 Å². The summed E-state index contributed by atoms with van der Waals surface area (Å²) in [5, 5.41) is 3.43. The van der Waals surface area contributed by atoms with Crippen LogP contribution in [0.2, 0.25) is 5.02 Å². The number of nitrogens with zero attached hydrogens (tertiary/aromatic N) is 2. The van der Waals surface area contributed by atoms with E-state index in [1.165, 1.54) is 4.90 Å². The minimum Gasteiger partial charge on any atom is -0.337 e. The third-order valence-electron chi connectivity index (χ3n) is 6.00. The summed E-state index contributed by atoms with van der Waals surface area (Å²) < 4.78 is 0. The van der Waals surface area contributed by atoms with Crippen LogP contribution in [0.15, 0.2) is 24.3 Å². The molecule has 1 heterocycles. The maximum atomic E-state index is 12.9. The van der Waals surface area contributed by atoms with Gasteiger partial charge >= 0.3 is 6.03 Å². The van der Waals surface area contributed by atoms with Gasteiger partial charge in [0.2, 0.25) is 5.91 Å². The molecule has 1 unspecified atom stereocenters. The number of benzene rings is 1. The normalized spacial score (nSPS) is 26.2. The van der Waals surface area contributed by atoms with Crippen LogP contribution in [-0.2, 0) is 9.59 Å². The first-order valence-corrected chi connectivity index (χ1v) is 9.77. The van der Waals surface area contributed by atoms with E-state index >= 15 is 0 Å². The number of hydrogen-bond acceptors (Lipinski definition) is 3. The first-order chi connectivity index (χ1) is 12.7. The van der Waals surface area contributed by atoms with Crippen molar-refractivity contribution in [1.82, 2.24) is 15.1 Å². The van der Waals surface area contributed by atoms with Crippen molar-refractivity contribution in [2.75, 3.05) is 13.6 Å². The second-order valence-corrected chi connectivity index (χ2v) is 8.20. The smallest absolute Gasteiger partial charge is 0.325 e. The largest absolute Gasteiger partial charge is 0.337 e. The van der Waals surface area contributed by atoms with E-state index in [2.05, 4.69) is 12.2 Å². The minimum atomic E-state index is -0.823. The van der Waals surface area contributed by atoms with Gasteiger partial charge in [-0.25, -0.2) is 4.79 Å². The number of rotatable bonds is 4. The second-order valence-electron chi connectivity index (χ2n) is 7.79. The molecule has 7 heteroatoms. The zero-order valence-corrected chi connectivity index (χ0v) is 16.8. The number of likely N-dealkylation sites (N-methyl/N-ethyl adjacent to an activating group) is 1. The Labute approximate surface area is 164 Å². The maximum absolute atomic E-state index is 12.9. The average molecular weight is 392 g/mol. The summed E-state index contributed by atoms with van der Waals surface area (Å²) in [5.41, 5.74) is 0.00141. The zero-order valence-electron chi connectivity index (χ0n) is 16.0. The summed E-state index contributed by atoms with van der Waals surface area (Å²) in [4.78, 5) is 40.6. The zero-order chi connectivity index (χ0) is 19.8. The van der Waals surface area contributed by atoms with Crippen LogP contribution in [0.4, 0.5) is 4.79 Å². The summed E-state index contributed by atoms with van der Waals surface area (Å²) in [7, 11) is 1.66. The number of carbonyl (C=O) groups is 3. The molecule has 1 spiro atoms. The van der Waals surface area contributed by atoms with Gasteiger partial charge in [-0.2, -0.15) is 0 Å². The van der Waals surface area contributed by atoms with Gasteiger partial charge in [0.1, 0.15) is 12.1 Å². The van der Waals surface area contributed by atoms with Gasteiger partial charge in [0, 0.05) is 12.1 Å². The van der Waals surface area contributed by atoms with E-state index in [-0.39, 0.29) is 24.4 Å². The van der Waals surface area contributed by atoms with Gasteiger partial charge in [-0.15, -0.1) is 0 Å². The van der Waals surface area contributed by atoms with E-state index in [1.54, 1.807) is 13.1 Å². The predicted octanol–water partition coefficient (Wildman–Crippen LogP) is 3.36. The molecule has 1 saturated carbocycles. The lowest BCUT2D eigenvalue weighted by atomic mass is 9.77. The van der Waals surface area contributed by atoms with E-state index in [9.17, 15) is 14.4 Å². The highest BCUT2D eigenvalue weighted by molar-refractivity contribution is 6.31. The van der Waals surface area contributed by atoms with Crippen molar-refractivity contribution in [2.24, 2.45) is 5.92 Å².